The summed E-state index contributed by atoms with van der Waals surface area (Å²) in [4.78, 5) is 51.2. The number of nitrogens with one attached hydrogen (secondary N) is 2. The number of rotatable bonds is 12. The van der Waals surface area contributed by atoms with Gasteiger partial charge in [-0.2, -0.15) is 0 Å². The van der Waals surface area contributed by atoms with E-state index in [0.29, 0.717) is 17.1 Å². The molecule has 11 nitrogen and oxygen atoms in total. The van der Waals surface area contributed by atoms with Crippen molar-refractivity contribution in [1.82, 2.24) is 9.88 Å². The van der Waals surface area contributed by atoms with Gasteiger partial charge in [-0.1, -0.05) is 60.7 Å². The number of nitrogens with two attached hydrogens (primary N) is 1. The Morgan fingerprint density at radius 1 is 0.865 bits per heavy atom. The molecule has 268 valence electrons. The van der Waals surface area contributed by atoms with Crippen molar-refractivity contribution in [3.8, 4) is 16.9 Å². The molecule has 5 aromatic rings. The maximum absolute atomic E-state index is 13.6. The number of benzene rings is 4. The molecule has 0 fully saturated rings. The molecule has 1 heterocycles. The molecule has 1 aliphatic rings. The van der Waals surface area contributed by atoms with Crippen LogP contribution in [0.1, 0.15) is 66.7 Å². The first kappa shape index (κ1) is 35.7. The number of aromatic nitrogens is 1. The minimum absolute atomic E-state index is 0.00677. The summed E-state index contributed by atoms with van der Waals surface area (Å²) in [6.07, 6.45) is -0.876. The fraction of sp³-hybridized carbons (Fsp3) is 0.268. The number of amides is 3. The molecule has 0 bridgehead atoms. The molecule has 52 heavy (non-hydrogen) atoms. The zero-order valence-corrected chi connectivity index (χ0v) is 29.6. The molecule has 4 N–H and O–H groups in total. The second kappa shape index (κ2) is 15.0. The minimum atomic E-state index is -1.09. The molecule has 4 aromatic carbocycles. The largest absolute Gasteiger partial charge is 0.489 e. The number of aryl methyl sites for hydroxylation is 1. The van der Waals surface area contributed by atoms with Crippen LogP contribution in [-0.2, 0) is 32.7 Å². The molecule has 0 radical (unpaired) electrons. The van der Waals surface area contributed by atoms with Gasteiger partial charge in [0.25, 0.3) is 5.91 Å². The van der Waals surface area contributed by atoms with Crippen LogP contribution >= 0.6 is 0 Å². The van der Waals surface area contributed by atoms with Crippen LogP contribution < -0.4 is 21.1 Å². The third-order valence-corrected chi connectivity index (χ3v) is 8.88. The van der Waals surface area contributed by atoms with Crippen LogP contribution in [0.25, 0.3) is 22.0 Å². The predicted molar refractivity (Wildman–Crippen MR) is 198 cm³/mol. The lowest BCUT2D eigenvalue weighted by atomic mass is 9.98. The second-order valence-corrected chi connectivity index (χ2v) is 13.8. The molecule has 0 saturated carbocycles. The van der Waals surface area contributed by atoms with Gasteiger partial charge in [-0.25, -0.2) is 4.79 Å². The first-order valence-electron chi connectivity index (χ1n) is 17.1. The Morgan fingerprint density at radius 2 is 1.56 bits per heavy atom. The molecule has 3 amide bonds. The van der Waals surface area contributed by atoms with Gasteiger partial charge in [-0.05, 0) is 91.4 Å². The molecule has 1 atom stereocenters. The van der Waals surface area contributed by atoms with Gasteiger partial charge in [0.15, 0.2) is 0 Å². The Balaban J connectivity index is 1.11. The molecule has 6 rings (SSSR count). The molecule has 0 unspecified atom stereocenters. The van der Waals surface area contributed by atoms with Gasteiger partial charge in [0, 0.05) is 36.0 Å². The first-order valence-corrected chi connectivity index (χ1v) is 17.1. The van der Waals surface area contributed by atoms with E-state index in [0.717, 1.165) is 38.7 Å². The highest BCUT2D eigenvalue weighted by Crippen LogP contribution is 2.44. The number of carbonyl (C=O) groups excluding carboxylic acids is 4. The van der Waals surface area contributed by atoms with Crippen LogP contribution in [0.4, 0.5) is 10.5 Å². The summed E-state index contributed by atoms with van der Waals surface area (Å²) < 4.78 is 18.9. The third kappa shape index (κ3) is 8.26. The van der Waals surface area contributed by atoms with Crippen molar-refractivity contribution in [1.29, 1.82) is 0 Å². The number of carbonyl (C=O) groups is 4. The monoisotopic (exact) mass is 702 g/mol. The van der Waals surface area contributed by atoms with E-state index in [1.165, 1.54) is 0 Å². The third-order valence-electron chi connectivity index (χ3n) is 8.88. The fourth-order valence-corrected chi connectivity index (χ4v) is 6.49. The highest BCUT2D eigenvalue weighted by Gasteiger charge is 2.30. The van der Waals surface area contributed by atoms with Crippen LogP contribution in [0.2, 0.25) is 0 Å². The lowest BCUT2D eigenvalue weighted by Gasteiger charge is -2.22. The smallest absolute Gasteiger partial charge is 0.407 e. The van der Waals surface area contributed by atoms with E-state index in [4.69, 9.17) is 19.9 Å². The number of primary amides is 1. The predicted octanol–water partition coefficient (Wildman–Crippen LogP) is 6.82. The van der Waals surface area contributed by atoms with Gasteiger partial charge in [0.05, 0.1) is 0 Å². The summed E-state index contributed by atoms with van der Waals surface area (Å²) in [5.41, 5.74) is 11.6. The summed E-state index contributed by atoms with van der Waals surface area (Å²) in [7, 11) is 1.78. The van der Waals surface area contributed by atoms with E-state index in [1.807, 2.05) is 60.7 Å². The number of hydrogen-bond donors (Lipinski definition) is 3. The highest BCUT2D eigenvalue weighted by molar-refractivity contribution is 5.98. The van der Waals surface area contributed by atoms with Gasteiger partial charge in [-0.3, -0.25) is 14.4 Å². The van der Waals surface area contributed by atoms with Crippen molar-refractivity contribution in [2.45, 2.75) is 57.8 Å². The van der Waals surface area contributed by atoms with Crippen LogP contribution in [0.15, 0.2) is 97.1 Å². The zero-order chi connectivity index (χ0) is 37.0. The minimum Gasteiger partial charge on any atom is -0.489 e. The van der Waals surface area contributed by atoms with Gasteiger partial charge < -0.3 is 35.1 Å². The van der Waals surface area contributed by atoms with Crippen molar-refractivity contribution in [2.24, 2.45) is 12.8 Å². The molecule has 1 aromatic heterocycles. The molecule has 1 aliphatic carbocycles. The summed E-state index contributed by atoms with van der Waals surface area (Å²) in [6, 6.07) is 29.3. The van der Waals surface area contributed by atoms with E-state index in [2.05, 4.69) is 22.8 Å². The number of anilines is 1. The summed E-state index contributed by atoms with van der Waals surface area (Å²) >= 11 is 0. The van der Waals surface area contributed by atoms with Gasteiger partial charge in [0.2, 0.25) is 5.91 Å². The quantitative estimate of drug-likeness (QED) is 0.121. The maximum Gasteiger partial charge on any atom is 0.407 e. The standard InChI is InChI=1S/C41H42N4O7/c1-41(2,3)52-37(46)19-17-34(44-40(49)51-24-33-31-14-7-5-12-29(31)30-13-6-8-15-32(30)33)39(48)43-27-11-9-10-25(20-27)23-50-28-16-18-35-26(21-28)22-36(38(42)47)45(35)4/h5-16,18,20-22,33-34H,17,19,23-24H2,1-4H3,(H2,42,47)(H,43,48)(H,44,49)/t34-/m0/s1. The Labute approximate surface area is 302 Å². The SMILES string of the molecule is Cn1c(C(N)=O)cc2cc(OCc3cccc(NC(=O)[C@H](CCC(=O)OC(C)(C)C)NC(=O)OCC4c5ccccc5-c5ccccc54)c3)ccc21. The Bertz CT molecular complexity index is 2100. The zero-order valence-electron chi connectivity index (χ0n) is 29.6. The number of nitrogens with zero attached hydrogens (tertiary/aromatic N) is 1. The summed E-state index contributed by atoms with van der Waals surface area (Å²) in [6.45, 7) is 5.57. The van der Waals surface area contributed by atoms with Crippen LogP contribution in [0.5, 0.6) is 5.75 Å². The molecule has 0 spiro atoms. The lowest BCUT2D eigenvalue weighted by molar-refractivity contribution is -0.155. The van der Waals surface area contributed by atoms with E-state index in [9.17, 15) is 19.2 Å². The molecular weight excluding hydrogens is 660 g/mol. The Kier molecular flexibility index (Phi) is 10.3. The lowest BCUT2D eigenvalue weighted by Crippen LogP contribution is -2.44. The van der Waals surface area contributed by atoms with Gasteiger partial charge >= 0.3 is 12.1 Å². The van der Waals surface area contributed by atoms with Crippen LogP contribution in [-0.4, -0.2) is 46.7 Å². The average Bonchev–Trinajstić information content (AvgIpc) is 3.61. The second-order valence-electron chi connectivity index (χ2n) is 13.8. The van der Waals surface area contributed by atoms with Crippen molar-refractivity contribution < 1.29 is 33.4 Å². The molecule has 0 aliphatic heterocycles. The van der Waals surface area contributed by atoms with Crippen molar-refractivity contribution in [3.63, 3.8) is 0 Å². The normalized spacial score (nSPS) is 12.8. The van der Waals surface area contributed by atoms with Crippen molar-refractivity contribution >= 4 is 40.5 Å². The number of esters is 1. The van der Waals surface area contributed by atoms with Gasteiger partial charge in [-0.15, -0.1) is 0 Å². The summed E-state index contributed by atoms with van der Waals surface area (Å²) in [5.74, 6) is -1.08. The first-order chi connectivity index (χ1) is 24.9. The molecular formula is C41H42N4O7. The Hall–Kier alpha value is -6.10. The number of fused-ring (bicyclic) bond motifs is 4. The molecule has 0 saturated heterocycles. The topological polar surface area (TPSA) is 151 Å². The highest BCUT2D eigenvalue weighted by atomic mass is 16.6. The average molecular weight is 703 g/mol. The summed E-state index contributed by atoms with van der Waals surface area (Å²) in [5, 5.41) is 6.36. The van der Waals surface area contributed by atoms with E-state index >= 15 is 0 Å². The van der Waals surface area contributed by atoms with E-state index in [1.54, 1.807) is 56.7 Å². The number of ether oxygens (including phenoxy) is 3. The van der Waals surface area contributed by atoms with E-state index in [-0.39, 0.29) is 32.0 Å². The van der Waals surface area contributed by atoms with Gasteiger partial charge in [0.1, 0.15) is 36.3 Å². The fourth-order valence-electron chi connectivity index (χ4n) is 6.49. The van der Waals surface area contributed by atoms with Crippen LogP contribution in [0, 0.1) is 0 Å². The van der Waals surface area contributed by atoms with Crippen LogP contribution in [0.3, 0.4) is 0 Å². The Morgan fingerprint density at radius 3 is 2.23 bits per heavy atom. The number of alkyl carbamates (subject to hydrolysis) is 1. The number of hydrogen-bond acceptors (Lipinski definition) is 7. The maximum atomic E-state index is 13.6. The van der Waals surface area contributed by atoms with Crippen molar-refractivity contribution in [3.05, 3.63) is 119 Å². The molecule has 11 heteroatoms. The van der Waals surface area contributed by atoms with E-state index < -0.39 is 35.5 Å². The van der Waals surface area contributed by atoms with Crippen molar-refractivity contribution in [2.75, 3.05) is 11.9 Å².